The van der Waals surface area contributed by atoms with E-state index in [9.17, 15) is 14.4 Å². The van der Waals surface area contributed by atoms with E-state index in [-0.39, 0.29) is 49.5 Å². The Labute approximate surface area is 179 Å². The van der Waals surface area contributed by atoms with Gasteiger partial charge >= 0.3 is 18.0 Å². The number of rotatable bonds is 8. The topological polar surface area (TPSA) is 94.2 Å². The number of benzene rings is 1. The van der Waals surface area contributed by atoms with Crippen molar-refractivity contribution in [2.45, 2.75) is 45.4 Å². The molecule has 0 aliphatic rings. The maximum absolute atomic E-state index is 11.8. The number of hydrogen-bond donors (Lipinski definition) is 1. The molecule has 1 amide bonds. The lowest BCUT2D eigenvalue weighted by Crippen LogP contribution is -2.37. The molecule has 0 unspecified atom stereocenters. The van der Waals surface area contributed by atoms with Gasteiger partial charge in [0.2, 0.25) is 0 Å². The van der Waals surface area contributed by atoms with Crippen LogP contribution in [0, 0.1) is 0 Å². The fourth-order valence-corrected chi connectivity index (χ4v) is 1.90. The minimum Gasteiger partial charge on any atom is -0.469 e. The van der Waals surface area contributed by atoms with E-state index in [1.807, 2.05) is 44.3 Å². The van der Waals surface area contributed by atoms with E-state index in [2.05, 4.69) is 14.8 Å². The maximum atomic E-state index is 11.8. The summed E-state index contributed by atoms with van der Waals surface area (Å²) in [7, 11) is 6.13. The molecule has 0 radical (unpaired) electrons. The van der Waals surface area contributed by atoms with Crippen LogP contribution in [-0.4, -0.2) is 63.3 Å². The van der Waals surface area contributed by atoms with Gasteiger partial charge in [-0.25, -0.2) is 4.79 Å². The summed E-state index contributed by atoms with van der Waals surface area (Å²) in [5.74, 6) is -0.521. The number of nitrogens with one attached hydrogen (secondary N) is 1. The van der Waals surface area contributed by atoms with Gasteiger partial charge in [0.25, 0.3) is 0 Å². The van der Waals surface area contributed by atoms with Gasteiger partial charge in [-0.05, 0) is 26.5 Å². The van der Waals surface area contributed by atoms with Crippen LogP contribution < -0.4 is 5.32 Å². The zero-order valence-corrected chi connectivity index (χ0v) is 18.8. The largest absolute Gasteiger partial charge is 0.469 e. The number of halogens is 1. The third kappa shape index (κ3) is 13.5. The van der Waals surface area contributed by atoms with Crippen molar-refractivity contribution >= 4 is 30.4 Å². The Hall–Kier alpha value is -2.32. The molecule has 29 heavy (non-hydrogen) atoms. The van der Waals surface area contributed by atoms with Gasteiger partial charge < -0.3 is 24.4 Å². The first-order valence-corrected chi connectivity index (χ1v) is 8.99. The summed E-state index contributed by atoms with van der Waals surface area (Å²) >= 11 is 0. The van der Waals surface area contributed by atoms with E-state index in [0.29, 0.717) is 6.42 Å². The molecule has 1 aromatic carbocycles. The third-order valence-electron chi connectivity index (χ3n) is 4.04. The number of nitrogens with zero attached hydrogens (tertiary/aromatic N) is 1. The molecule has 1 aromatic rings. The Morgan fingerprint density at radius 3 is 2.00 bits per heavy atom. The molecule has 9 heteroatoms. The van der Waals surface area contributed by atoms with Gasteiger partial charge in [0.1, 0.15) is 6.61 Å². The summed E-state index contributed by atoms with van der Waals surface area (Å²) in [6.07, 6.45) is 0.126. The lowest BCUT2D eigenvalue weighted by atomic mass is 10.2. The molecule has 8 nitrogen and oxygen atoms in total. The standard InChI is InChI=1S/C14H19NO4.C6H13NO2.ClH/c1-11(9-13(16)18-3)15(2)14(17)19-10-12-7-5-4-6-8-12;1-5(7-2)4-6(8)9-3;/h4-8,11H,9-10H2,1-3H3;5,7H,4H2,1-3H3;1H/t11-;5-;/m11./s1. The van der Waals surface area contributed by atoms with Gasteiger partial charge in [-0.15, -0.1) is 12.4 Å². The second kappa shape index (κ2) is 16.6. The molecule has 0 aliphatic carbocycles. The highest BCUT2D eigenvalue weighted by molar-refractivity contribution is 5.85. The van der Waals surface area contributed by atoms with Crippen molar-refractivity contribution in [3.8, 4) is 0 Å². The monoisotopic (exact) mass is 432 g/mol. The summed E-state index contributed by atoms with van der Waals surface area (Å²) in [4.78, 5) is 34.8. The number of amides is 1. The molecule has 0 aromatic heterocycles. The van der Waals surface area contributed by atoms with Crippen LogP contribution in [0.25, 0.3) is 0 Å². The van der Waals surface area contributed by atoms with Gasteiger partial charge in [-0.1, -0.05) is 30.3 Å². The fourth-order valence-electron chi connectivity index (χ4n) is 1.90. The molecule has 0 saturated carbocycles. The van der Waals surface area contributed by atoms with Crippen molar-refractivity contribution in [3.05, 3.63) is 35.9 Å². The van der Waals surface area contributed by atoms with Crippen LogP contribution in [0.15, 0.2) is 30.3 Å². The zero-order chi connectivity index (χ0) is 21.5. The highest BCUT2D eigenvalue weighted by Crippen LogP contribution is 2.07. The van der Waals surface area contributed by atoms with Gasteiger partial charge in [-0.3, -0.25) is 9.59 Å². The molecule has 0 fully saturated rings. The second-order valence-electron chi connectivity index (χ2n) is 6.25. The Morgan fingerprint density at radius 2 is 1.52 bits per heavy atom. The number of esters is 2. The Morgan fingerprint density at radius 1 is 1.00 bits per heavy atom. The number of methoxy groups -OCH3 is 2. The van der Waals surface area contributed by atoms with Gasteiger partial charge in [0.05, 0.1) is 27.1 Å². The molecule has 0 aliphatic heterocycles. The number of ether oxygens (including phenoxy) is 3. The summed E-state index contributed by atoms with van der Waals surface area (Å²) in [6.45, 7) is 3.91. The molecular weight excluding hydrogens is 400 g/mol. The van der Waals surface area contributed by atoms with Crippen LogP contribution in [0.1, 0.15) is 32.3 Å². The molecular formula is C20H33ClN2O6. The summed E-state index contributed by atoms with van der Waals surface area (Å²) in [5, 5.41) is 2.93. The number of carbonyl (C=O) groups excluding carboxylic acids is 3. The van der Waals surface area contributed by atoms with Crippen LogP contribution >= 0.6 is 12.4 Å². The van der Waals surface area contributed by atoms with Crippen LogP contribution in [-0.2, 0) is 30.4 Å². The fraction of sp³-hybridized carbons (Fsp3) is 0.550. The summed E-state index contributed by atoms with van der Waals surface area (Å²) in [6, 6.07) is 9.36. The van der Waals surface area contributed by atoms with Gasteiger partial charge in [0, 0.05) is 19.1 Å². The van der Waals surface area contributed by atoms with E-state index < -0.39 is 6.09 Å². The highest BCUT2D eigenvalue weighted by Gasteiger charge is 2.20. The Balaban J connectivity index is 0. The molecule has 1 rings (SSSR count). The van der Waals surface area contributed by atoms with Crippen LogP contribution in [0.4, 0.5) is 4.79 Å². The highest BCUT2D eigenvalue weighted by atomic mass is 35.5. The minimum absolute atomic E-state index is 0. The molecule has 1 N–H and O–H groups in total. The van der Waals surface area contributed by atoms with E-state index >= 15 is 0 Å². The minimum atomic E-state index is -0.458. The maximum Gasteiger partial charge on any atom is 0.410 e. The average Bonchev–Trinajstić information content (AvgIpc) is 2.72. The lowest BCUT2D eigenvalue weighted by molar-refractivity contribution is -0.142. The van der Waals surface area contributed by atoms with Crippen molar-refractivity contribution in [1.82, 2.24) is 10.2 Å². The van der Waals surface area contributed by atoms with Crippen LogP contribution in [0.5, 0.6) is 0 Å². The molecule has 166 valence electrons. The number of hydrogen-bond acceptors (Lipinski definition) is 7. The van der Waals surface area contributed by atoms with Crippen molar-refractivity contribution in [2.75, 3.05) is 28.3 Å². The van der Waals surface area contributed by atoms with Gasteiger partial charge in [0.15, 0.2) is 0 Å². The second-order valence-corrected chi connectivity index (χ2v) is 6.25. The normalized spacial score (nSPS) is 11.5. The van der Waals surface area contributed by atoms with Crippen molar-refractivity contribution < 1.29 is 28.6 Å². The van der Waals surface area contributed by atoms with Crippen molar-refractivity contribution in [1.29, 1.82) is 0 Å². The Kier molecular flexibility index (Phi) is 16.6. The summed E-state index contributed by atoms with van der Waals surface area (Å²) in [5.41, 5.74) is 0.921. The predicted octanol–water partition coefficient (Wildman–Crippen LogP) is 2.79. The van der Waals surface area contributed by atoms with Gasteiger partial charge in [-0.2, -0.15) is 0 Å². The van der Waals surface area contributed by atoms with E-state index in [0.717, 1.165) is 5.56 Å². The van der Waals surface area contributed by atoms with Crippen molar-refractivity contribution in [3.63, 3.8) is 0 Å². The molecule has 2 atom stereocenters. The molecule has 0 saturated heterocycles. The quantitative estimate of drug-likeness (QED) is 0.498. The first kappa shape index (κ1) is 28.9. The van der Waals surface area contributed by atoms with E-state index in [1.54, 1.807) is 14.0 Å². The molecule has 0 spiro atoms. The summed E-state index contributed by atoms with van der Waals surface area (Å²) < 4.78 is 14.2. The number of carbonyl (C=O) groups is 3. The van der Waals surface area contributed by atoms with E-state index in [1.165, 1.54) is 19.1 Å². The smallest absolute Gasteiger partial charge is 0.410 e. The molecule has 0 heterocycles. The zero-order valence-electron chi connectivity index (χ0n) is 18.0. The predicted molar refractivity (Wildman–Crippen MR) is 113 cm³/mol. The van der Waals surface area contributed by atoms with Crippen molar-refractivity contribution in [2.24, 2.45) is 0 Å². The van der Waals surface area contributed by atoms with Crippen LogP contribution in [0.3, 0.4) is 0 Å². The average molecular weight is 433 g/mol. The SMILES string of the molecule is CN[C@H](C)CC(=O)OC.COC(=O)C[C@@H](C)N(C)C(=O)OCc1ccccc1.Cl. The molecule has 0 bridgehead atoms. The third-order valence-corrected chi connectivity index (χ3v) is 4.04. The Bertz CT molecular complexity index is 600. The van der Waals surface area contributed by atoms with E-state index in [4.69, 9.17) is 4.74 Å². The first-order valence-electron chi connectivity index (χ1n) is 8.99. The lowest BCUT2D eigenvalue weighted by Gasteiger charge is -2.23. The first-order chi connectivity index (χ1) is 13.2. The van der Waals surface area contributed by atoms with Crippen LogP contribution in [0.2, 0.25) is 0 Å².